The third-order valence-electron chi connectivity index (χ3n) is 6.02. The summed E-state index contributed by atoms with van der Waals surface area (Å²) in [5, 5.41) is 3.46. The third-order valence-corrected chi connectivity index (χ3v) is 6.02. The summed E-state index contributed by atoms with van der Waals surface area (Å²) in [7, 11) is 0. The number of nitrogens with zero attached hydrogens (tertiary/aromatic N) is 2. The van der Waals surface area contributed by atoms with E-state index in [1.54, 1.807) is 18.2 Å². The van der Waals surface area contributed by atoms with Crippen LogP contribution >= 0.6 is 0 Å². The first-order valence-electron chi connectivity index (χ1n) is 10.8. The summed E-state index contributed by atoms with van der Waals surface area (Å²) in [6.45, 7) is 5.93. The number of nitrogens with one attached hydrogen (secondary N) is 1. The second kappa shape index (κ2) is 8.73. The van der Waals surface area contributed by atoms with E-state index in [9.17, 15) is 17.6 Å². The van der Waals surface area contributed by atoms with Crippen molar-refractivity contribution in [2.75, 3.05) is 6.61 Å². The molecule has 3 atom stereocenters. The van der Waals surface area contributed by atoms with Crippen molar-refractivity contribution in [3.05, 3.63) is 59.7 Å². The Balaban J connectivity index is 1.54. The van der Waals surface area contributed by atoms with Crippen LogP contribution in [0.25, 0.3) is 11.0 Å². The Kier molecular flexibility index (Phi) is 6.16. The molecule has 0 bridgehead atoms. The molecular weight excluding hydrogens is 422 g/mol. The highest BCUT2D eigenvalue weighted by molar-refractivity contribution is 5.81. The maximum Gasteiger partial charge on any atom is 0.418 e. The summed E-state index contributed by atoms with van der Waals surface area (Å²) in [6.07, 6.45) is -1.42. The van der Waals surface area contributed by atoms with Crippen LogP contribution in [0, 0.1) is 5.82 Å². The zero-order chi connectivity index (χ0) is 23.0. The molecule has 0 amide bonds. The van der Waals surface area contributed by atoms with E-state index in [1.807, 2.05) is 13.8 Å². The fraction of sp³-hybridized carbons (Fsp3) is 0.458. The Labute approximate surface area is 184 Å². The standard InChI is InChI=1S/C24H27F4N3O/c1-14(2)31-13-29-22-11-20(10-21(23(22)31)24(26,27)28)32-12-19-9-17(8-15(3)30-19)16-4-6-18(25)7-5-16/h4-7,10-11,13-15,17,19,30H,8-9,12H2,1-3H3. The summed E-state index contributed by atoms with van der Waals surface area (Å²) in [4.78, 5) is 4.18. The molecule has 8 heteroatoms. The molecule has 1 saturated heterocycles. The van der Waals surface area contributed by atoms with Gasteiger partial charge in [-0.1, -0.05) is 12.1 Å². The monoisotopic (exact) mass is 449 g/mol. The third kappa shape index (κ3) is 4.75. The quantitative estimate of drug-likeness (QED) is 0.480. The summed E-state index contributed by atoms with van der Waals surface area (Å²) in [6, 6.07) is 9.16. The van der Waals surface area contributed by atoms with Crippen LogP contribution in [0.3, 0.4) is 0 Å². The van der Waals surface area contributed by atoms with Gasteiger partial charge in [-0.3, -0.25) is 0 Å². The first-order chi connectivity index (χ1) is 15.1. The lowest BCUT2D eigenvalue weighted by Crippen LogP contribution is -2.46. The van der Waals surface area contributed by atoms with E-state index in [0.717, 1.165) is 24.5 Å². The summed E-state index contributed by atoms with van der Waals surface area (Å²) < 4.78 is 62.0. The number of imidazole rings is 1. The van der Waals surface area contributed by atoms with Crippen LogP contribution in [0.15, 0.2) is 42.7 Å². The maximum absolute atomic E-state index is 13.8. The van der Waals surface area contributed by atoms with E-state index in [-0.39, 0.29) is 53.3 Å². The first kappa shape index (κ1) is 22.6. The Bertz CT molecular complexity index is 1080. The lowest BCUT2D eigenvalue weighted by atomic mass is 9.83. The average molecular weight is 449 g/mol. The normalized spacial score (nSPS) is 21.9. The molecule has 1 aliphatic rings. The van der Waals surface area contributed by atoms with Gasteiger partial charge in [-0.2, -0.15) is 13.2 Å². The molecule has 1 N–H and O–H groups in total. The molecule has 1 aliphatic heterocycles. The molecule has 3 aromatic rings. The lowest BCUT2D eigenvalue weighted by Gasteiger charge is -2.35. The van der Waals surface area contributed by atoms with E-state index in [1.165, 1.54) is 23.0 Å². The number of benzene rings is 2. The fourth-order valence-corrected chi connectivity index (χ4v) is 4.56. The molecule has 0 saturated carbocycles. The molecule has 4 nitrogen and oxygen atoms in total. The highest BCUT2D eigenvalue weighted by atomic mass is 19.4. The topological polar surface area (TPSA) is 39.1 Å². The largest absolute Gasteiger partial charge is 0.492 e. The van der Waals surface area contributed by atoms with Gasteiger partial charge in [0.2, 0.25) is 0 Å². The number of ether oxygens (including phenoxy) is 1. The van der Waals surface area contributed by atoms with Gasteiger partial charge in [0, 0.05) is 24.2 Å². The molecule has 1 fully saturated rings. The Morgan fingerprint density at radius 3 is 2.53 bits per heavy atom. The second-order valence-electron chi connectivity index (χ2n) is 8.88. The van der Waals surface area contributed by atoms with Crippen LogP contribution in [-0.2, 0) is 6.18 Å². The number of alkyl halides is 3. The molecule has 3 unspecified atom stereocenters. The highest BCUT2D eigenvalue weighted by Gasteiger charge is 2.35. The van der Waals surface area contributed by atoms with E-state index in [0.29, 0.717) is 0 Å². The maximum atomic E-state index is 13.8. The molecule has 0 radical (unpaired) electrons. The van der Waals surface area contributed by atoms with E-state index < -0.39 is 11.7 Å². The highest BCUT2D eigenvalue weighted by Crippen LogP contribution is 2.38. The smallest absolute Gasteiger partial charge is 0.418 e. The molecule has 0 spiro atoms. The minimum atomic E-state index is -4.52. The molecule has 1 aromatic heterocycles. The van der Waals surface area contributed by atoms with Crippen molar-refractivity contribution in [1.82, 2.24) is 14.9 Å². The fourth-order valence-electron chi connectivity index (χ4n) is 4.56. The number of hydrogen-bond acceptors (Lipinski definition) is 3. The van der Waals surface area contributed by atoms with Crippen LogP contribution in [0.1, 0.15) is 56.7 Å². The molecule has 2 aromatic carbocycles. The van der Waals surface area contributed by atoms with Crippen molar-refractivity contribution in [3.8, 4) is 5.75 Å². The Morgan fingerprint density at radius 1 is 1.16 bits per heavy atom. The summed E-state index contributed by atoms with van der Waals surface area (Å²) in [5.74, 6) is 0.110. The SMILES string of the molecule is CC1CC(c2ccc(F)cc2)CC(COc2cc(C(F)(F)F)c3c(c2)ncn3C(C)C)N1. The second-order valence-corrected chi connectivity index (χ2v) is 8.88. The van der Waals surface area contributed by atoms with Gasteiger partial charge >= 0.3 is 6.18 Å². The zero-order valence-electron chi connectivity index (χ0n) is 18.3. The van der Waals surface area contributed by atoms with Crippen molar-refractivity contribution in [2.24, 2.45) is 0 Å². The first-order valence-corrected chi connectivity index (χ1v) is 10.8. The number of rotatable bonds is 5. The van der Waals surface area contributed by atoms with Gasteiger partial charge in [-0.15, -0.1) is 0 Å². The minimum Gasteiger partial charge on any atom is -0.492 e. The summed E-state index contributed by atoms with van der Waals surface area (Å²) >= 11 is 0. The van der Waals surface area contributed by atoms with Crippen molar-refractivity contribution in [2.45, 2.75) is 63.8 Å². The van der Waals surface area contributed by atoms with Crippen LogP contribution in [0.5, 0.6) is 5.75 Å². The molecule has 32 heavy (non-hydrogen) atoms. The van der Waals surface area contributed by atoms with E-state index in [4.69, 9.17) is 4.74 Å². The zero-order valence-corrected chi connectivity index (χ0v) is 18.3. The lowest BCUT2D eigenvalue weighted by molar-refractivity contribution is -0.136. The molecule has 0 aliphatic carbocycles. The van der Waals surface area contributed by atoms with E-state index in [2.05, 4.69) is 17.2 Å². The molecule has 172 valence electrons. The summed E-state index contributed by atoms with van der Waals surface area (Å²) in [5.41, 5.74) is 0.647. The molecule has 2 heterocycles. The molecule has 4 rings (SSSR count). The number of piperidine rings is 1. The number of fused-ring (bicyclic) bond motifs is 1. The van der Waals surface area contributed by atoms with Gasteiger partial charge in [0.05, 0.1) is 22.9 Å². The van der Waals surface area contributed by atoms with Gasteiger partial charge in [0.25, 0.3) is 0 Å². The minimum absolute atomic E-state index is 0.0351. The van der Waals surface area contributed by atoms with Crippen molar-refractivity contribution >= 4 is 11.0 Å². The van der Waals surface area contributed by atoms with Gasteiger partial charge in [0.15, 0.2) is 0 Å². The van der Waals surface area contributed by atoms with Crippen molar-refractivity contribution in [3.63, 3.8) is 0 Å². The van der Waals surface area contributed by atoms with Crippen molar-refractivity contribution < 1.29 is 22.3 Å². The van der Waals surface area contributed by atoms with Gasteiger partial charge in [-0.05, 0) is 63.3 Å². The van der Waals surface area contributed by atoms with Gasteiger partial charge < -0.3 is 14.6 Å². The van der Waals surface area contributed by atoms with Crippen molar-refractivity contribution in [1.29, 1.82) is 0 Å². The van der Waals surface area contributed by atoms with E-state index >= 15 is 0 Å². The average Bonchev–Trinajstić information content (AvgIpc) is 3.15. The number of aromatic nitrogens is 2. The van der Waals surface area contributed by atoms with Gasteiger partial charge in [0.1, 0.15) is 18.2 Å². The number of hydrogen-bond donors (Lipinski definition) is 1. The van der Waals surface area contributed by atoms with Crippen LogP contribution < -0.4 is 10.1 Å². The predicted molar refractivity (Wildman–Crippen MR) is 115 cm³/mol. The predicted octanol–water partition coefficient (Wildman–Crippen LogP) is 6.08. The Morgan fingerprint density at radius 2 is 1.88 bits per heavy atom. The van der Waals surface area contributed by atoms with Crippen LogP contribution in [-0.4, -0.2) is 28.2 Å². The Hall–Kier alpha value is -2.61. The molecular formula is C24H27F4N3O. The number of halogens is 4. The van der Waals surface area contributed by atoms with Gasteiger partial charge in [-0.25, -0.2) is 9.37 Å². The van der Waals surface area contributed by atoms with Crippen LogP contribution in [0.2, 0.25) is 0 Å². The van der Waals surface area contributed by atoms with Crippen LogP contribution in [0.4, 0.5) is 17.6 Å².